The number of anilines is 1. The molecule has 13 heteroatoms. The highest BCUT2D eigenvalue weighted by molar-refractivity contribution is 6.30. The van der Waals surface area contributed by atoms with Gasteiger partial charge in [-0.15, -0.1) is 0 Å². The molecule has 0 aliphatic carbocycles. The van der Waals surface area contributed by atoms with Gasteiger partial charge in [0.15, 0.2) is 0 Å². The summed E-state index contributed by atoms with van der Waals surface area (Å²) >= 11 is 5.71. The molecule has 2 aromatic carbocycles. The number of aliphatic hydroxyl groups is 1. The Morgan fingerprint density at radius 2 is 1.91 bits per heavy atom. The first-order chi connectivity index (χ1) is 15.3. The zero-order chi connectivity index (χ0) is 24.6. The molecule has 0 spiro atoms. The first-order valence-electron chi connectivity index (χ1n) is 9.27. The number of nitrogens with two attached hydrogens (primary N) is 1. The van der Waals surface area contributed by atoms with E-state index >= 15 is 0 Å². The molecule has 1 unspecified atom stereocenters. The van der Waals surface area contributed by atoms with Crippen molar-refractivity contribution in [1.82, 2.24) is 5.32 Å². The summed E-state index contributed by atoms with van der Waals surface area (Å²) in [5.41, 5.74) is 3.25. The number of primary amides is 1. The SMILES string of the molecule is NC(=O)c1cc(N2CCC(O)(OC(=O)NCc3cc(F)cc(Cl)c3)C2=O)cc(C(F)(F)F)c1. The van der Waals surface area contributed by atoms with Gasteiger partial charge in [-0.05, 0) is 42.0 Å². The van der Waals surface area contributed by atoms with E-state index in [1.54, 1.807) is 0 Å². The number of alkyl halides is 3. The Hall–Kier alpha value is -3.38. The standard InChI is InChI=1S/C20H16ClF4N3O5/c21-13-3-10(4-14(22)8-13)9-27-18(31)33-19(32)1-2-28(17(19)30)15-6-11(16(26)29)5-12(7-15)20(23,24)25/h3-8,32H,1-2,9H2,(H2,26,29)(H,27,31). The molecular weight excluding hydrogens is 474 g/mol. The monoisotopic (exact) mass is 489 g/mol. The molecule has 0 bridgehead atoms. The molecule has 1 fully saturated rings. The summed E-state index contributed by atoms with van der Waals surface area (Å²) in [6.45, 7) is -0.568. The summed E-state index contributed by atoms with van der Waals surface area (Å²) in [5.74, 6) is -5.70. The van der Waals surface area contributed by atoms with E-state index in [0.717, 1.165) is 23.1 Å². The zero-order valence-corrected chi connectivity index (χ0v) is 17.3. The quantitative estimate of drug-likeness (QED) is 0.440. The van der Waals surface area contributed by atoms with Crippen molar-refractivity contribution in [2.45, 2.75) is 24.9 Å². The number of nitrogens with one attached hydrogen (secondary N) is 1. The predicted molar refractivity (Wildman–Crippen MR) is 107 cm³/mol. The highest BCUT2D eigenvalue weighted by atomic mass is 35.5. The third-order valence-electron chi connectivity index (χ3n) is 4.72. The summed E-state index contributed by atoms with van der Waals surface area (Å²) in [6, 6.07) is 5.59. The number of carbonyl (C=O) groups excluding carboxylic acids is 3. The first kappa shape index (κ1) is 24.3. The van der Waals surface area contributed by atoms with Crippen molar-refractivity contribution in [3.05, 3.63) is 63.9 Å². The summed E-state index contributed by atoms with van der Waals surface area (Å²) in [7, 11) is 0. The lowest BCUT2D eigenvalue weighted by Crippen LogP contribution is -2.46. The summed E-state index contributed by atoms with van der Waals surface area (Å²) in [4.78, 5) is 36.9. The number of benzene rings is 2. The second kappa shape index (κ2) is 8.87. The molecule has 0 aromatic heterocycles. The maximum absolute atomic E-state index is 13.4. The number of hydrogen-bond acceptors (Lipinski definition) is 5. The van der Waals surface area contributed by atoms with Crippen molar-refractivity contribution in [3.8, 4) is 0 Å². The smallest absolute Gasteiger partial charge is 0.407 e. The molecule has 0 saturated carbocycles. The minimum Gasteiger partial charge on any atom is -0.407 e. The van der Waals surface area contributed by atoms with Crippen molar-refractivity contribution < 1.29 is 41.8 Å². The summed E-state index contributed by atoms with van der Waals surface area (Å²) in [5, 5.41) is 12.8. The lowest BCUT2D eigenvalue weighted by atomic mass is 10.1. The second-order valence-corrected chi connectivity index (χ2v) is 7.58. The van der Waals surface area contributed by atoms with E-state index in [4.69, 9.17) is 22.1 Å². The second-order valence-electron chi connectivity index (χ2n) is 7.14. The van der Waals surface area contributed by atoms with Gasteiger partial charge in [0.25, 0.3) is 11.7 Å². The number of amides is 3. The van der Waals surface area contributed by atoms with E-state index in [1.165, 1.54) is 6.07 Å². The number of ether oxygens (including phenoxy) is 1. The van der Waals surface area contributed by atoms with Gasteiger partial charge in [0, 0.05) is 35.8 Å². The molecule has 4 N–H and O–H groups in total. The Kier molecular flexibility index (Phi) is 6.52. The van der Waals surface area contributed by atoms with Crippen LogP contribution in [0.5, 0.6) is 0 Å². The fraction of sp³-hybridized carbons (Fsp3) is 0.250. The maximum Gasteiger partial charge on any atom is 0.416 e. The van der Waals surface area contributed by atoms with Gasteiger partial charge >= 0.3 is 12.3 Å². The van der Waals surface area contributed by atoms with Crippen LogP contribution in [0.15, 0.2) is 36.4 Å². The number of nitrogens with zero attached hydrogens (tertiary/aromatic N) is 1. The topological polar surface area (TPSA) is 122 Å². The lowest BCUT2D eigenvalue weighted by Gasteiger charge is -2.23. The number of carbonyl (C=O) groups is 3. The first-order valence-corrected chi connectivity index (χ1v) is 9.64. The van der Waals surface area contributed by atoms with Crippen LogP contribution in [0.2, 0.25) is 5.02 Å². The summed E-state index contributed by atoms with van der Waals surface area (Å²) < 4.78 is 57.7. The van der Waals surface area contributed by atoms with E-state index in [1.807, 2.05) is 0 Å². The molecule has 0 radical (unpaired) electrons. The molecule has 33 heavy (non-hydrogen) atoms. The fourth-order valence-corrected chi connectivity index (χ4v) is 3.42. The van der Waals surface area contributed by atoms with Crippen LogP contribution >= 0.6 is 11.6 Å². The van der Waals surface area contributed by atoms with Crippen LogP contribution in [0.3, 0.4) is 0 Å². The van der Waals surface area contributed by atoms with Crippen molar-refractivity contribution in [2.75, 3.05) is 11.4 Å². The Labute approximate surface area is 188 Å². The van der Waals surface area contributed by atoms with Gasteiger partial charge in [0.2, 0.25) is 5.91 Å². The van der Waals surface area contributed by atoms with Gasteiger partial charge in [0.05, 0.1) is 5.56 Å². The van der Waals surface area contributed by atoms with Gasteiger partial charge in [0.1, 0.15) is 5.82 Å². The Morgan fingerprint density at radius 3 is 2.52 bits per heavy atom. The molecule has 3 rings (SSSR count). The predicted octanol–water partition coefficient (Wildman–Crippen LogP) is 2.95. The van der Waals surface area contributed by atoms with E-state index in [9.17, 15) is 37.1 Å². The third-order valence-corrected chi connectivity index (χ3v) is 4.93. The highest BCUT2D eigenvalue weighted by Gasteiger charge is 2.50. The molecular formula is C20H16ClF4N3O5. The number of hydrogen-bond donors (Lipinski definition) is 3. The highest BCUT2D eigenvalue weighted by Crippen LogP contribution is 2.36. The molecule has 1 saturated heterocycles. The van der Waals surface area contributed by atoms with Gasteiger partial charge in [-0.25, -0.2) is 9.18 Å². The third kappa shape index (κ3) is 5.52. The Bertz CT molecular complexity index is 1110. The number of halogens is 5. The van der Waals surface area contributed by atoms with E-state index in [-0.39, 0.29) is 29.4 Å². The molecule has 1 aliphatic heterocycles. The molecule has 8 nitrogen and oxygen atoms in total. The van der Waals surface area contributed by atoms with Crippen LogP contribution < -0.4 is 16.0 Å². The Morgan fingerprint density at radius 1 is 1.21 bits per heavy atom. The average molecular weight is 490 g/mol. The van der Waals surface area contributed by atoms with Crippen LogP contribution in [0.4, 0.5) is 28.0 Å². The molecule has 1 heterocycles. The van der Waals surface area contributed by atoms with Crippen molar-refractivity contribution in [2.24, 2.45) is 5.73 Å². The Balaban J connectivity index is 1.75. The van der Waals surface area contributed by atoms with Crippen LogP contribution in [0.25, 0.3) is 0 Å². The van der Waals surface area contributed by atoms with Gasteiger partial charge in [-0.3, -0.25) is 9.59 Å². The van der Waals surface area contributed by atoms with Gasteiger partial charge in [-0.2, -0.15) is 13.2 Å². The van der Waals surface area contributed by atoms with E-state index in [0.29, 0.717) is 12.1 Å². The normalized spacial score (nSPS) is 18.4. The lowest BCUT2D eigenvalue weighted by molar-refractivity contribution is -0.175. The van der Waals surface area contributed by atoms with Crippen molar-refractivity contribution in [1.29, 1.82) is 0 Å². The molecule has 176 valence electrons. The van der Waals surface area contributed by atoms with E-state index < -0.39 is 53.2 Å². The largest absolute Gasteiger partial charge is 0.416 e. The van der Waals surface area contributed by atoms with Crippen molar-refractivity contribution in [3.63, 3.8) is 0 Å². The minimum atomic E-state index is -4.84. The minimum absolute atomic E-state index is 0.0804. The average Bonchev–Trinajstić information content (AvgIpc) is 2.99. The maximum atomic E-state index is 13.4. The molecule has 3 amide bonds. The summed E-state index contributed by atoms with van der Waals surface area (Å²) in [6.07, 6.45) is -6.54. The fourth-order valence-electron chi connectivity index (χ4n) is 3.17. The van der Waals surface area contributed by atoms with Gasteiger partial charge < -0.3 is 25.8 Å². The van der Waals surface area contributed by atoms with E-state index in [2.05, 4.69) is 5.32 Å². The number of rotatable bonds is 5. The molecule has 2 aromatic rings. The molecule has 1 aliphatic rings. The van der Waals surface area contributed by atoms with Crippen LogP contribution in [0, 0.1) is 5.82 Å². The van der Waals surface area contributed by atoms with Crippen LogP contribution in [0.1, 0.15) is 27.9 Å². The van der Waals surface area contributed by atoms with Crippen molar-refractivity contribution >= 4 is 35.2 Å². The number of alkyl carbamates (subject to hydrolysis) is 1. The van der Waals surface area contributed by atoms with Crippen LogP contribution in [-0.4, -0.2) is 35.3 Å². The van der Waals surface area contributed by atoms with Gasteiger partial charge in [-0.1, -0.05) is 11.6 Å². The zero-order valence-electron chi connectivity index (χ0n) is 16.6. The molecule has 1 atom stereocenters. The van der Waals surface area contributed by atoms with Crippen LogP contribution in [-0.2, 0) is 22.3 Å².